The first-order chi connectivity index (χ1) is 8.95. The Balaban J connectivity index is 2.14. The summed E-state index contributed by atoms with van der Waals surface area (Å²) in [6, 6.07) is 0. The van der Waals surface area contributed by atoms with Crippen molar-refractivity contribution in [1.29, 1.82) is 0 Å². The van der Waals surface area contributed by atoms with Crippen LogP contribution in [-0.4, -0.2) is 35.3 Å². The summed E-state index contributed by atoms with van der Waals surface area (Å²) >= 11 is 0. The molecule has 108 valence electrons. The quantitative estimate of drug-likeness (QED) is 0.847. The van der Waals surface area contributed by atoms with Crippen LogP contribution in [0.3, 0.4) is 0 Å². The summed E-state index contributed by atoms with van der Waals surface area (Å²) in [5.74, 6) is 0.0718. The molecule has 1 saturated heterocycles. The summed E-state index contributed by atoms with van der Waals surface area (Å²) in [6.45, 7) is 6.99. The molecule has 1 heterocycles. The van der Waals surface area contributed by atoms with Gasteiger partial charge in [0.25, 0.3) is 0 Å². The summed E-state index contributed by atoms with van der Waals surface area (Å²) < 4.78 is 0. The van der Waals surface area contributed by atoms with E-state index in [1.165, 1.54) is 25.7 Å². The zero-order chi connectivity index (χ0) is 14.1. The fourth-order valence-corrected chi connectivity index (χ4v) is 3.52. The van der Waals surface area contributed by atoms with Crippen molar-refractivity contribution in [3.63, 3.8) is 0 Å². The number of carbonyl (C=O) groups is 2. The van der Waals surface area contributed by atoms with Gasteiger partial charge in [0.2, 0.25) is 11.8 Å². The van der Waals surface area contributed by atoms with Gasteiger partial charge >= 0.3 is 0 Å². The van der Waals surface area contributed by atoms with E-state index in [0.29, 0.717) is 6.42 Å². The highest BCUT2D eigenvalue weighted by Crippen LogP contribution is 2.42. The highest BCUT2D eigenvalue weighted by Gasteiger charge is 2.44. The highest BCUT2D eigenvalue weighted by atomic mass is 16.2. The van der Waals surface area contributed by atoms with Crippen molar-refractivity contribution >= 4 is 11.8 Å². The van der Waals surface area contributed by atoms with Crippen LogP contribution in [0.15, 0.2) is 0 Å². The number of hydrogen-bond donors (Lipinski definition) is 1. The molecule has 2 aliphatic rings. The molecule has 1 unspecified atom stereocenters. The molecule has 0 radical (unpaired) electrons. The molecule has 2 fully saturated rings. The van der Waals surface area contributed by atoms with Crippen LogP contribution in [0.4, 0.5) is 0 Å². The van der Waals surface area contributed by atoms with Gasteiger partial charge in [0, 0.05) is 6.54 Å². The lowest BCUT2D eigenvalue weighted by molar-refractivity contribution is -0.151. The van der Waals surface area contributed by atoms with E-state index in [9.17, 15) is 9.59 Å². The minimum Gasteiger partial charge on any atom is -0.340 e. The molecule has 1 N–H and O–H groups in total. The summed E-state index contributed by atoms with van der Waals surface area (Å²) in [5.41, 5.74) is -0.454. The van der Waals surface area contributed by atoms with Crippen molar-refractivity contribution in [2.24, 2.45) is 5.41 Å². The maximum Gasteiger partial charge on any atom is 0.248 e. The van der Waals surface area contributed by atoms with Gasteiger partial charge in [0.1, 0.15) is 5.54 Å². The largest absolute Gasteiger partial charge is 0.340 e. The van der Waals surface area contributed by atoms with Crippen LogP contribution in [0.5, 0.6) is 0 Å². The second kappa shape index (κ2) is 5.14. The topological polar surface area (TPSA) is 49.4 Å². The number of amides is 2. The van der Waals surface area contributed by atoms with Gasteiger partial charge in [-0.15, -0.1) is 0 Å². The molecule has 1 saturated carbocycles. The van der Waals surface area contributed by atoms with E-state index in [-0.39, 0.29) is 23.8 Å². The van der Waals surface area contributed by atoms with Gasteiger partial charge in [-0.25, -0.2) is 0 Å². The van der Waals surface area contributed by atoms with Gasteiger partial charge in [-0.2, -0.15) is 0 Å². The van der Waals surface area contributed by atoms with Gasteiger partial charge in [0.15, 0.2) is 0 Å². The van der Waals surface area contributed by atoms with E-state index in [2.05, 4.69) is 12.2 Å². The van der Waals surface area contributed by atoms with Crippen molar-refractivity contribution in [3.8, 4) is 0 Å². The fraction of sp³-hybridized carbons (Fsp3) is 0.867. The normalized spacial score (nSPS) is 30.6. The molecule has 4 nitrogen and oxygen atoms in total. The first-order valence-electron chi connectivity index (χ1n) is 7.55. The molecule has 0 bridgehead atoms. The molecule has 0 spiro atoms. The van der Waals surface area contributed by atoms with Crippen molar-refractivity contribution in [2.75, 3.05) is 13.1 Å². The molecule has 0 aromatic carbocycles. The molecule has 1 aliphatic carbocycles. The third-order valence-corrected chi connectivity index (χ3v) is 5.16. The Bertz CT molecular complexity index is 374. The highest BCUT2D eigenvalue weighted by molar-refractivity contribution is 5.97. The summed E-state index contributed by atoms with van der Waals surface area (Å²) in [5, 5.41) is 2.85. The fourth-order valence-electron chi connectivity index (χ4n) is 3.52. The number of nitrogens with one attached hydrogen (secondary N) is 1. The lowest BCUT2D eigenvalue weighted by Gasteiger charge is -2.43. The van der Waals surface area contributed by atoms with Crippen molar-refractivity contribution in [2.45, 2.75) is 64.8 Å². The standard InChI is InChI=1S/C15H26N2O2/c1-4-14(3)13(19)17(10-12(18)16-14)11-15(5-2)8-6-7-9-15/h4-11H2,1-3H3,(H,16,18). The average molecular weight is 266 g/mol. The van der Waals surface area contributed by atoms with Crippen LogP contribution >= 0.6 is 0 Å². The lowest BCUT2D eigenvalue weighted by Crippen LogP contribution is -2.66. The van der Waals surface area contributed by atoms with E-state index in [1.54, 1.807) is 4.90 Å². The molecule has 0 aromatic rings. The second-order valence-electron chi connectivity index (χ2n) is 6.46. The minimum absolute atomic E-state index is 0.0202. The Labute approximate surface area is 115 Å². The smallest absolute Gasteiger partial charge is 0.248 e. The van der Waals surface area contributed by atoms with E-state index in [1.807, 2.05) is 13.8 Å². The van der Waals surface area contributed by atoms with Crippen molar-refractivity contribution in [1.82, 2.24) is 10.2 Å². The SMILES string of the molecule is CCC1(CN2CC(=O)NC(C)(CC)C2=O)CCCC1. The molecular weight excluding hydrogens is 240 g/mol. The molecule has 1 aliphatic heterocycles. The first-order valence-corrected chi connectivity index (χ1v) is 7.55. The van der Waals surface area contributed by atoms with Crippen LogP contribution in [-0.2, 0) is 9.59 Å². The zero-order valence-electron chi connectivity index (χ0n) is 12.4. The minimum atomic E-state index is -0.705. The molecule has 2 rings (SSSR count). The monoisotopic (exact) mass is 266 g/mol. The van der Waals surface area contributed by atoms with Crippen molar-refractivity contribution in [3.05, 3.63) is 0 Å². The Morgan fingerprint density at radius 2 is 1.79 bits per heavy atom. The second-order valence-corrected chi connectivity index (χ2v) is 6.46. The van der Waals surface area contributed by atoms with Crippen LogP contribution in [0, 0.1) is 5.41 Å². The van der Waals surface area contributed by atoms with Gasteiger partial charge < -0.3 is 10.2 Å². The summed E-state index contributed by atoms with van der Waals surface area (Å²) in [6.07, 6.45) is 6.64. The summed E-state index contributed by atoms with van der Waals surface area (Å²) in [4.78, 5) is 26.2. The van der Waals surface area contributed by atoms with Crippen molar-refractivity contribution < 1.29 is 9.59 Å². The molecule has 4 heteroatoms. The van der Waals surface area contributed by atoms with Gasteiger partial charge in [0.05, 0.1) is 6.54 Å². The number of piperazine rings is 1. The number of hydrogen-bond acceptors (Lipinski definition) is 2. The molecule has 19 heavy (non-hydrogen) atoms. The van der Waals surface area contributed by atoms with E-state index in [4.69, 9.17) is 0 Å². The predicted molar refractivity (Wildman–Crippen MR) is 74.6 cm³/mol. The van der Waals surface area contributed by atoms with E-state index >= 15 is 0 Å². The molecule has 1 atom stereocenters. The Hall–Kier alpha value is -1.06. The lowest BCUT2D eigenvalue weighted by atomic mass is 9.82. The van der Waals surface area contributed by atoms with E-state index in [0.717, 1.165) is 13.0 Å². The summed E-state index contributed by atoms with van der Waals surface area (Å²) in [7, 11) is 0. The Kier molecular flexibility index (Phi) is 3.88. The third-order valence-electron chi connectivity index (χ3n) is 5.16. The number of nitrogens with zero attached hydrogens (tertiary/aromatic N) is 1. The Morgan fingerprint density at radius 3 is 2.32 bits per heavy atom. The van der Waals surface area contributed by atoms with Gasteiger partial charge in [-0.1, -0.05) is 26.7 Å². The first kappa shape index (κ1) is 14.4. The van der Waals surface area contributed by atoms with Crippen LogP contribution < -0.4 is 5.32 Å². The Morgan fingerprint density at radius 1 is 1.16 bits per heavy atom. The molecular formula is C15H26N2O2. The molecule has 0 aromatic heterocycles. The zero-order valence-corrected chi connectivity index (χ0v) is 12.4. The van der Waals surface area contributed by atoms with Gasteiger partial charge in [-0.05, 0) is 38.0 Å². The maximum absolute atomic E-state index is 12.6. The van der Waals surface area contributed by atoms with Gasteiger partial charge in [-0.3, -0.25) is 9.59 Å². The van der Waals surface area contributed by atoms with Crippen LogP contribution in [0.1, 0.15) is 59.3 Å². The van der Waals surface area contributed by atoms with Crippen LogP contribution in [0.2, 0.25) is 0 Å². The number of carbonyl (C=O) groups excluding carboxylic acids is 2. The number of rotatable bonds is 4. The maximum atomic E-state index is 12.6. The van der Waals surface area contributed by atoms with E-state index < -0.39 is 5.54 Å². The third kappa shape index (κ3) is 2.63. The average Bonchev–Trinajstić information content (AvgIpc) is 2.84. The predicted octanol–water partition coefficient (Wildman–Crippen LogP) is 2.08. The van der Waals surface area contributed by atoms with Crippen LogP contribution in [0.25, 0.3) is 0 Å². The molecule has 2 amide bonds.